The van der Waals surface area contributed by atoms with Gasteiger partial charge in [0.15, 0.2) is 12.4 Å². The van der Waals surface area contributed by atoms with Gasteiger partial charge in [0, 0.05) is 6.20 Å². The largest absolute Gasteiger partial charge is 0.471 e. The number of hydrogen-bond acceptors (Lipinski definition) is 4. The third-order valence-corrected chi connectivity index (χ3v) is 4.00. The minimum atomic E-state index is -4.50. The quantitative estimate of drug-likeness (QED) is 0.518. The second kappa shape index (κ2) is 9.02. The van der Waals surface area contributed by atoms with Gasteiger partial charge in [0.05, 0.1) is 11.3 Å². The zero-order chi connectivity index (χ0) is 22.6. The van der Waals surface area contributed by atoms with E-state index < -0.39 is 24.3 Å². The molecule has 0 saturated carbocycles. The van der Waals surface area contributed by atoms with Gasteiger partial charge in [0.25, 0.3) is 5.91 Å². The lowest BCUT2D eigenvalue weighted by molar-refractivity contribution is -0.137. The number of alkyl halides is 5. The molecular weight excluding hydrogens is 425 g/mol. The van der Waals surface area contributed by atoms with Crippen LogP contribution in [0.2, 0.25) is 0 Å². The summed E-state index contributed by atoms with van der Waals surface area (Å²) in [6.45, 7) is -1.64. The summed E-state index contributed by atoms with van der Waals surface area (Å²) in [6.07, 6.45) is -3.12. The maximum absolute atomic E-state index is 12.8. The Labute approximate surface area is 173 Å². The van der Waals surface area contributed by atoms with Crippen LogP contribution in [0.4, 0.5) is 27.6 Å². The lowest BCUT2D eigenvalue weighted by atomic mass is 10.2. The maximum Gasteiger partial charge on any atom is 0.416 e. The van der Waals surface area contributed by atoms with Crippen LogP contribution in [0, 0.1) is 6.92 Å². The standard InChI is InChI=1S/C20H16F5N3O3/c1-12-5-6-15(17(9-12)31-19(21)22)26-18(29)16-7-8-28(27-16)11-30-14-4-2-3-13(10-14)20(23,24)25/h2-10,19H,11H2,1H3,(H,26,29). The molecule has 1 N–H and O–H groups in total. The molecule has 3 rings (SSSR count). The van der Waals surface area contributed by atoms with Crippen LogP contribution in [0.15, 0.2) is 54.7 Å². The minimum absolute atomic E-state index is 0.0234. The molecule has 31 heavy (non-hydrogen) atoms. The van der Waals surface area contributed by atoms with Gasteiger partial charge in [-0.3, -0.25) is 4.79 Å². The molecule has 1 aromatic heterocycles. The summed E-state index contributed by atoms with van der Waals surface area (Å²) in [6, 6.07) is 10.0. The summed E-state index contributed by atoms with van der Waals surface area (Å²) < 4.78 is 74.3. The Bertz CT molecular complexity index is 1070. The average molecular weight is 441 g/mol. The molecule has 0 aliphatic heterocycles. The third-order valence-electron chi connectivity index (χ3n) is 4.00. The smallest absolute Gasteiger partial charge is 0.416 e. The number of anilines is 1. The summed E-state index contributed by atoms with van der Waals surface area (Å²) in [5.74, 6) is -0.916. The molecule has 0 atom stereocenters. The number of benzene rings is 2. The molecule has 1 heterocycles. The topological polar surface area (TPSA) is 65.4 Å². The zero-order valence-corrected chi connectivity index (χ0v) is 16.0. The number of ether oxygens (including phenoxy) is 2. The molecule has 0 radical (unpaired) electrons. The number of aryl methyl sites for hydroxylation is 1. The second-order valence-electron chi connectivity index (χ2n) is 6.37. The molecule has 0 spiro atoms. The molecule has 164 valence electrons. The highest BCUT2D eigenvalue weighted by Gasteiger charge is 2.30. The number of hydrogen-bond donors (Lipinski definition) is 1. The van der Waals surface area contributed by atoms with Crippen molar-refractivity contribution in [1.82, 2.24) is 9.78 Å². The van der Waals surface area contributed by atoms with E-state index in [2.05, 4.69) is 15.2 Å². The molecular formula is C20H16F5N3O3. The predicted molar refractivity (Wildman–Crippen MR) is 100 cm³/mol. The van der Waals surface area contributed by atoms with Crippen LogP contribution in [0.3, 0.4) is 0 Å². The van der Waals surface area contributed by atoms with E-state index in [9.17, 15) is 26.7 Å². The number of halogens is 5. The lowest BCUT2D eigenvalue weighted by Gasteiger charge is -2.12. The molecule has 3 aromatic rings. The first-order valence-corrected chi connectivity index (χ1v) is 8.82. The zero-order valence-electron chi connectivity index (χ0n) is 16.0. The van der Waals surface area contributed by atoms with Gasteiger partial charge in [-0.1, -0.05) is 12.1 Å². The highest BCUT2D eigenvalue weighted by atomic mass is 19.4. The van der Waals surface area contributed by atoms with Crippen molar-refractivity contribution in [2.75, 3.05) is 5.32 Å². The molecule has 0 aliphatic carbocycles. The molecule has 6 nitrogen and oxygen atoms in total. The summed E-state index contributed by atoms with van der Waals surface area (Å²) in [5, 5.41) is 6.40. The maximum atomic E-state index is 12.8. The molecule has 0 bridgehead atoms. The number of amides is 1. The van der Waals surface area contributed by atoms with Gasteiger partial charge < -0.3 is 14.8 Å². The number of carbonyl (C=O) groups is 1. The van der Waals surface area contributed by atoms with Crippen molar-refractivity contribution in [2.45, 2.75) is 26.4 Å². The van der Waals surface area contributed by atoms with E-state index in [0.29, 0.717) is 5.56 Å². The van der Waals surface area contributed by atoms with Gasteiger partial charge in [0.1, 0.15) is 11.5 Å². The number of carbonyl (C=O) groups excluding carboxylic acids is 1. The normalized spacial score (nSPS) is 11.5. The van der Waals surface area contributed by atoms with Gasteiger partial charge in [-0.05, 0) is 48.9 Å². The minimum Gasteiger partial charge on any atom is -0.471 e. The van der Waals surface area contributed by atoms with Crippen molar-refractivity contribution in [1.29, 1.82) is 0 Å². The molecule has 11 heteroatoms. The Hall–Kier alpha value is -3.63. The number of nitrogens with zero attached hydrogens (tertiary/aromatic N) is 2. The molecule has 2 aromatic carbocycles. The first kappa shape index (κ1) is 22.1. The van der Waals surface area contributed by atoms with Crippen LogP contribution in [-0.2, 0) is 12.9 Å². The van der Waals surface area contributed by atoms with Crippen LogP contribution in [0.25, 0.3) is 0 Å². The van der Waals surface area contributed by atoms with Crippen LogP contribution >= 0.6 is 0 Å². The van der Waals surface area contributed by atoms with E-state index >= 15 is 0 Å². The van der Waals surface area contributed by atoms with Crippen molar-refractivity contribution < 1.29 is 36.2 Å². The fourth-order valence-electron chi connectivity index (χ4n) is 2.57. The highest BCUT2D eigenvalue weighted by Crippen LogP contribution is 2.31. The fourth-order valence-corrected chi connectivity index (χ4v) is 2.57. The summed E-state index contributed by atoms with van der Waals surface area (Å²) >= 11 is 0. The Morgan fingerprint density at radius 3 is 2.65 bits per heavy atom. The van der Waals surface area contributed by atoms with Gasteiger partial charge in [-0.15, -0.1) is 0 Å². The van der Waals surface area contributed by atoms with E-state index in [0.717, 1.165) is 12.1 Å². The molecule has 0 aliphatic rings. The first-order chi connectivity index (χ1) is 14.6. The van der Waals surface area contributed by atoms with Crippen molar-refractivity contribution in [2.24, 2.45) is 0 Å². The number of nitrogens with one attached hydrogen (secondary N) is 1. The number of aromatic nitrogens is 2. The highest BCUT2D eigenvalue weighted by molar-refractivity contribution is 6.03. The van der Waals surface area contributed by atoms with Crippen LogP contribution < -0.4 is 14.8 Å². The summed E-state index contributed by atoms with van der Waals surface area (Å²) in [5.41, 5.74) is -0.225. The van der Waals surface area contributed by atoms with Crippen LogP contribution in [-0.4, -0.2) is 22.3 Å². The Morgan fingerprint density at radius 1 is 1.16 bits per heavy atom. The van der Waals surface area contributed by atoms with Crippen molar-refractivity contribution in [3.05, 3.63) is 71.5 Å². The van der Waals surface area contributed by atoms with Gasteiger partial charge in [-0.25, -0.2) is 4.68 Å². The van der Waals surface area contributed by atoms with Crippen LogP contribution in [0.5, 0.6) is 11.5 Å². The van der Waals surface area contributed by atoms with E-state index in [-0.39, 0.29) is 29.6 Å². The van der Waals surface area contributed by atoms with Crippen molar-refractivity contribution in [3.8, 4) is 11.5 Å². The monoisotopic (exact) mass is 441 g/mol. The van der Waals surface area contributed by atoms with Crippen molar-refractivity contribution >= 4 is 11.6 Å². The Balaban J connectivity index is 1.65. The summed E-state index contributed by atoms with van der Waals surface area (Å²) in [7, 11) is 0. The fraction of sp³-hybridized carbons (Fsp3) is 0.200. The van der Waals surface area contributed by atoms with E-state index in [4.69, 9.17) is 4.74 Å². The molecule has 0 unspecified atom stereocenters. The summed E-state index contributed by atoms with van der Waals surface area (Å²) in [4.78, 5) is 12.4. The predicted octanol–water partition coefficient (Wildman–Crippen LogP) is 5.10. The van der Waals surface area contributed by atoms with E-state index in [1.54, 1.807) is 13.0 Å². The SMILES string of the molecule is Cc1ccc(NC(=O)c2ccn(COc3cccc(C(F)(F)F)c3)n2)c(OC(F)F)c1. The van der Waals surface area contributed by atoms with Crippen LogP contribution in [0.1, 0.15) is 21.6 Å². The van der Waals surface area contributed by atoms with E-state index in [1.807, 2.05) is 0 Å². The Kier molecular flexibility index (Phi) is 6.42. The second-order valence-corrected chi connectivity index (χ2v) is 6.37. The first-order valence-electron chi connectivity index (χ1n) is 8.82. The average Bonchev–Trinajstić information content (AvgIpc) is 3.17. The Morgan fingerprint density at radius 2 is 1.94 bits per heavy atom. The lowest BCUT2D eigenvalue weighted by Crippen LogP contribution is -2.15. The van der Waals surface area contributed by atoms with Gasteiger partial charge >= 0.3 is 12.8 Å². The number of rotatable bonds is 7. The molecule has 0 fully saturated rings. The van der Waals surface area contributed by atoms with Gasteiger partial charge in [0.2, 0.25) is 0 Å². The third kappa shape index (κ3) is 5.93. The van der Waals surface area contributed by atoms with Gasteiger partial charge in [-0.2, -0.15) is 27.1 Å². The van der Waals surface area contributed by atoms with Crippen molar-refractivity contribution in [3.63, 3.8) is 0 Å². The molecule has 0 saturated heterocycles. The van der Waals surface area contributed by atoms with E-state index in [1.165, 1.54) is 41.2 Å². The molecule has 1 amide bonds.